The molecule has 0 aromatic heterocycles. The fourth-order valence-corrected chi connectivity index (χ4v) is 1.04. The SMILES string of the molecule is CN(N)C(C)(C)C(C)(C)NCCN. The summed E-state index contributed by atoms with van der Waals surface area (Å²) in [5.41, 5.74) is 5.28. The van der Waals surface area contributed by atoms with Crippen molar-refractivity contribution in [2.75, 3.05) is 20.1 Å². The van der Waals surface area contributed by atoms with Crippen LogP contribution >= 0.6 is 0 Å². The lowest BCUT2D eigenvalue weighted by molar-refractivity contribution is 0.0627. The highest BCUT2D eigenvalue weighted by Crippen LogP contribution is 2.24. The summed E-state index contributed by atoms with van der Waals surface area (Å²) in [7, 11) is 1.88. The number of nitrogens with two attached hydrogens (primary N) is 2. The molecular weight excluding hydrogens is 164 g/mol. The summed E-state index contributed by atoms with van der Waals surface area (Å²) in [5, 5.41) is 5.12. The van der Waals surface area contributed by atoms with Crippen molar-refractivity contribution in [1.29, 1.82) is 0 Å². The van der Waals surface area contributed by atoms with E-state index in [4.69, 9.17) is 11.6 Å². The maximum absolute atomic E-state index is 5.79. The molecule has 0 aliphatic rings. The fraction of sp³-hybridized carbons (Fsp3) is 1.00. The summed E-state index contributed by atoms with van der Waals surface area (Å²) in [6.45, 7) is 9.93. The number of likely N-dealkylation sites (N-methyl/N-ethyl adjacent to an activating group) is 1. The van der Waals surface area contributed by atoms with E-state index in [1.807, 2.05) is 7.05 Å². The van der Waals surface area contributed by atoms with Crippen molar-refractivity contribution in [2.45, 2.75) is 38.8 Å². The van der Waals surface area contributed by atoms with Gasteiger partial charge in [0.2, 0.25) is 0 Å². The zero-order valence-corrected chi connectivity index (χ0v) is 9.52. The second-order valence-electron chi connectivity index (χ2n) is 4.51. The van der Waals surface area contributed by atoms with Crippen molar-refractivity contribution in [2.24, 2.45) is 11.6 Å². The Balaban J connectivity index is 4.41. The Kier molecular flexibility index (Phi) is 4.32. The lowest BCUT2D eigenvalue weighted by atomic mass is 9.82. The van der Waals surface area contributed by atoms with Gasteiger partial charge in [0.15, 0.2) is 0 Å². The van der Waals surface area contributed by atoms with Crippen molar-refractivity contribution >= 4 is 0 Å². The average Bonchev–Trinajstić information content (AvgIpc) is 2.00. The molecule has 0 radical (unpaired) electrons. The van der Waals surface area contributed by atoms with Crippen LogP contribution in [-0.4, -0.2) is 36.2 Å². The number of nitrogens with one attached hydrogen (secondary N) is 1. The molecule has 0 aromatic rings. The predicted octanol–water partition coefficient (Wildman–Crippen LogP) is -0.103. The highest BCUT2D eigenvalue weighted by Gasteiger charge is 2.38. The van der Waals surface area contributed by atoms with Gasteiger partial charge in [-0.25, -0.2) is 5.01 Å². The van der Waals surface area contributed by atoms with E-state index in [9.17, 15) is 0 Å². The van der Waals surface area contributed by atoms with Crippen LogP contribution in [0, 0.1) is 0 Å². The summed E-state index contributed by atoms with van der Waals surface area (Å²) in [6.07, 6.45) is 0. The third kappa shape index (κ3) is 2.91. The van der Waals surface area contributed by atoms with Crippen LogP contribution < -0.4 is 16.9 Å². The van der Waals surface area contributed by atoms with Crippen LogP contribution in [0.1, 0.15) is 27.7 Å². The first-order chi connectivity index (χ1) is 5.75. The summed E-state index contributed by atoms with van der Waals surface area (Å²) < 4.78 is 0. The van der Waals surface area contributed by atoms with Gasteiger partial charge in [0, 0.05) is 31.2 Å². The van der Waals surface area contributed by atoms with E-state index in [2.05, 4.69) is 33.0 Å². The van der Waals surface area contributed by atoms with E-state index >= 15 is 0 Å². The molecule has 4 heteroatoms. The molecule has 0 saturated carbocycles. The molecule has 0 aromatic carbocycles. The molecule has 0 fully saturated rings. The molecule has 4 nitrogen and oxygen atoms in total. The second kappa shape index (κ2) is 4.37. The molecule has 0 heterocycles. The fourth-order valence-electron chi connectivity index (χ4n) is 1.04. The number of rotatable bonds is 5. The van der Waals surface area contributed by atoms with Gasteiger partial charge >= 0.3 is 0 Å². The molecule has 0 rings (SSSR count). The Morgan fingerprint density at radius 1 is 1.23 bits per heavy atom. The van der Waals surface area contributed by atoms with E-state index in [0.717, 1.165) is 6.54 Å². The highest BCUT2D eigenvalue weighted by molar-refractivity contribution is 4.99. The average molecular weight is 188 g/mol. The molecule has 0 amide bonds. The molecule has 0 unspecified atom stereocenters. The van der Waals surface area contributed by atoms with Gasteiger partial charge in [0.05, 0.1) is 0 Å². The molecule has 0 saturated heterocycles. The highest BCUT2D eigenvalue weighted by atomic mass is 15.4. The van der Waals surface area contributed by atoms with Gasteiger partial charge in [-0.1, -0.05) is 0 Å². The van der Waals surface area contributed by atoms with E-state index in [1.54, 1.807) is 5.01 Å². The lowest BCUT2D eigenvalue weighted by Gasteiger charge is -2.46. The number of hydrogen-bond donors (Lipinski definition) is 3. The molecule has 0 spiro atoms. The molecular formula is C9H24N4. The molecule has 80 valence electrons. The Morgan fingerprint density at radius 3 is 2.00 bits per heavy atom. The largest absolute Gasteiger partial charge is 0.329 e. The van der Waals surface area contributed by atoms with Crippen molar-refractivity contribution in [1.82, 2.24) is 10.3 Å². The molecule has 0 bridgehead atoms. The normalized spacial score (nSPS) is 13.8. The Labute approximate surface area is 81.6 Å². The Bertz CT molecular complexity index is 152. The molecule has 0 atom stereocenters. The molecule has 0 aliphatic carbocycles. The van der Waals surface area contributed by atoms with Crippen LogP contribution in [0.2, 0.25) is 0 Å². The van der Waals surface area contributed by atoms with E-state index in [0.29, 0.717) is 6.54 Å². The quantitative estimate of drug-likeness (QED) is 0.416. The maximum Gasteiger partial charge on any atom is 0.0468 e. The first-order valence-corrected chi connectivity index (χ1v) is 4.69. The third-order valence-corrected chi connectivity index (χ3v) is 3.12. The van der Waals surface area contributed by atoms with Gasteiger partial charge in [-0.2, -0.15) is 0 Å². The topological polar surface area (TPSA) is 67.3 Å². The molecule has 5 N–H and O–H groups in total. The van der Waals surface area contributed by atoms with Gasteiger partial charge in [-0.15, -0.1) is 0 Å². The predicted molar refractivity (Wildman–Crippen MR) is 57.2 cm³/mol. The van der Waals surface area contributed by atoms with Crippen molar-refractivity contribution in [3.63, 3.8) is 0 Å². The maximum atomic E-state index is 5.79. The number of nitrogens with zero attached hydrogens (tertiary/aromatic N) is 1. The molecule has 13 heavy (non-hydrogen) atoms. The summed E-state index contributed by atoms with van der Waals surface area (Å²) in [4.78, 5) is 0. The first kappa shape index (κ1) is 12.8. The zero-order valence-electron chi connectivity index (χ0n) is 9.52. The van der Waals surface area contributed by atoms with Crippen LogP contribution in [-0.2, 0) is 0 Å². The van der Waals surface area contributed by atoms with Gasteiger partial charge in [-0.05, 0) is 27.7 Å². The zero-order chi connectivity index (χ0) is 10.7. The molecule has 0 aliphatic heterocycles. The van der Waals surface area contributed by atoms with Gasteiger partial charge < -0.3 is 11.1 Å². The van der Waals surface area contributed by atoms with Crippen LogP contribution in [0.3, 0.4) is 0 Å². The minimum Gasteiger partial charge on any atom is -0.329 e. The van der Waals surface area contributed by atoms with Crippen LogP contribution in [0.4, 0.5) is 0 Å². The van der Waals surface area contributed by atoms with Gasteiger partial charge in [-0.3, -0.25) is 5.84 Å². The van der Waals surface area contributed by atoms with Crippen LogP contribution in [0.15, 0.2) is 0 Å². The van der Waals surface area contributed by atoms with Gasteiger partial charge in [0.1, 0.15) is 0 Å². The smallest absolute Gasteiger partial charge is 0.0468 e. The summed E-state index contributed by atoms with van der Waals surface area (Å²) in [5.74, 6) is 5.79. The monoisotopic (exact) mass is 188 g/mol. The first-order valence-electron chi connectivity index (χ1n) is 4.69. The number of hydrazine groups is 1. The standard InChI is InChI=1S/C9H24N4/c1-8(2,12-7-6-10)9(3,4)13(5)11/h12H,6-7,10-11H2,1-5H3. The lowest BCUT2D eigenvalue weighted by Crippen LogP contribution is -2.65. The minimum absolute atomic E-state index is 0.0597. The Hall–Kier alpha value is -0.160. The van der Waals surface area contributed by atoms with Gasteiger partial charge in [0.25, 0.3) is 0 Å². The third-order valence-electron chi connectivity index (χ3n) is 3.12. The summed E-state index contributed by atoms with van der Waals surface area (Å²) in [6, 6.07) is 0. The van der Waals surface area contributed by atoms with E-state index in [1.165, 1.54) is 0 Å². The van der Waals surface area contributed by atoms with Crippen LogP contribution in [0.25, 0.3) is 0 Å². The van der Waals surface area contributed by atoms with Crippen molar-refractivity contribution in [3.8, 4) is 0 Å². The van der Waals surface area contributed by atoms with Crippen molar-refractivity contribution < 1.29 is 0 Å². The van der Waals surface area contributed by atoms with E-state index in [-0.39, 0.29) is 11.1 Å². The second-order valence-corrected chi connectivity index (χ2v) is 4.51. The summed E-state index contributed by atoms with van der Waals surface area (Å²) >= 11 is 0. The number of hydrogen-bond acceptors (Lipinski definition) is 4. The minimum atomic E-state index is -0.109. The van der Waals surface area contributed by atoms with Crippen molar-refractivity contribution in [3.05, 3.63) is 0 Å². The van der Waals surface area contributed by atoms with E-state index < -0.39 is 0 Å². The Morgan fingerprint density at radius 2 is 1.69 bits per heavy atom. The van der Waals surface area contributed by atoms with Crippen LogP contribution in [0.5, 0.6) is 0 Å².